The van der Waals surface area contributed by atoms with Crippen molar-refractivity contribution in [3.63, 3.8) is 0 Å². The van der Waals surface area contributed by atoms with E-state index in [-0.39, 0.29) is 12.0 Å². The molecule has 0 radical (unpaired) electrons. The third-order valence-corrected chi connectivity index (χ3v) is 6.02. The van der Waals surface area contributed by atoms with E-state index in [2.05, 4.69) is 39.6 Å². The van der Waals surface area contributed by atoms with Crippen molar-refractivity contribution in [1.82, 2.24) is 15.5 Å². The highest BCUT2D eigenvalue weighted by atomic mass is 16.5. The van der Waals surface area contributed by atoms with Crippen molar-refractivity contribution in [3.05, 3.63) is 29.3 Å². The first-order chi connectivity index (χ1) is 14.1. The van der Waals surface area contributed by atoms with Crippen LogP contribution >= 0.6 is 0 Å². The molecular weight excluding hydrogens is 364 g/mol. The van der Waals surface area contributed by atoms with Gasteiger partial charge in [0.25, 0.3) is 0 Å². The molecular formula is C23H36N4O2. The maximum atomic E-state index is 12.8. The van der Waals surface area contributed by atoms with Crippen molar-refractivity contribution in [2.75, 3.05) is 26.7 Å². The number of carbonyl (C=O) groups is 1. The summed E-state index contributed by atoms with van der Waals surface area (Å²) in [4.78, 5) is 19.2. The molecule has 6 heteroatoms. The molecule has 0 aromatic heterocycles. The van der Waals surface area contributed by atoms with Crippen LogP contribution in [0.5, 0.6) is 5.75 Å². The van der Waals surface area contributed by atoms with Gasteiger partial charge in [0.1, 0.15) is 5.75 Å². The third-order valence-electron chi connectivity index (χ3n) is 6.02. The molecule has 1 saturated carbocycles. The van der Waals surface area contributed by atoms with Gasteiger partial charge in [0.15, 0.2) is 5.96 Å². The first kappa shape index (κ1) is 21.5. The second kappa shape index (κ2) is 10.5. The van der Waals surface area contributed by atoms with E-state index in [4.69, 9.17) is 4.74 Å². The van der Waals surface area contributed by atoms with Crippen LogP contribution in [-0.4, -0.2) is 49.6 Å². The Kier molecular flexibility index (Phi) is 7.78. The van der Waals surface area contributed by atoms with Crippen LogP contribution in [0.2, 0.25) is 0 Å². The van der Waals surface area contributed by atoms with Crippen molar-refractivity contribution >= 4 is 11.9 Å². The number of carbonyl (C=O) groups excluding carboxylic acids is 1. The number of ether oxygens (including phenoxy) is 1. The number of hydrogen-bond acceptors (Lipinski definition) is 3. The van der Waals surface area contributed by atoms with E-state index in [1.54, 1.807) is 7.05 Å². The molecule has 1 saturated heterocycles. The van der Waals surface area contributed by atoms with Gasteiger partial charge in [0.2, 0.25) is 5.91 Å². The maximum absolute atomic E-state index is 12.8. The van der Waals surface area contributed by atoms with Gasteiger partial charge < -0.3 is 20.3 Å². The van der Waals surface area contributed by atoms with Crippen LogP contribution in [0.1, 0.15) is 56.6 Å². The Balaban J connectivity index is 1.47. The minimum Gasteiger partial charge on any atom is -0.494 e. The number of nitrogens with one attached hydrogen (secondary N) is 2. The monoisotopic (exact) mass is 400 g/mol. The maximum Gasteiger partial charge on any atom is 0.225 e. The Morgan fingerprint density at radius 3 is 2.72 bits per heavy atom. The predicted molar refractivity (Wildman–Crippen MR) is 117 cm³/mol. The fraction of sp³-hybridized carbons (Fsp3) is 0.652. The summed E-state index contributed by atoms with van der Waals surface area (Å²) in [5.74, 6) is 2.34. The van der Waals surface area contributed by atoms with E-state index >= 15 is 0 Å². The zero-order chi connectivity index (χ0) is 20.6. The first-order valence-electron chi connectivity index (χ1n) is 11.1. The minimum atomic E-state index is 0.253. The topological polar surface area (TPSA) is 66.0 Å². The summed E-state index contributed by atoms with van der Waals surface area (Å²) < 4.78 is 5.61. The molecule has 1 aromatic carbocycles. The van der Waals surface area contributed by atoms with Gasteiger partial charge in [-0.3, -0.25) is 9.79 Å². The normalized spacial score (nSPS) is 20.6. The fourth-order valence-electron chi connectivity index (χ4n) is 4.40. The van der Waals surface area contributed by atoms with E-state index in [1.807, 2.05) is 13.0 Å². The SMILES string of the molecule is CCOc1ccc(CNC(=NC)NC2CCN(C(=O)C3CCCCC3)C2)cc1C. The van der Waals surface area contributed by atoms with Gasteiger partial charge in [-0.15, -0.1) is 0 Å². The van der Waals surface area contributed by atoms with Crippen molar-refractivity contribution in [2.24, 2.45) is 10.9 Å². The van der Waals surface area contributed by atoms with Crippen molar-refractivity contribution in [2.45, 2.75) is 65.0 Å². The zero-order valence-corrected chi connectivity index (χ0v) is 18.2. The fourth-order valence-corrected chi connectivity index (χ4v) is 4.40. The van der Waals surface area contributed by atoms with E-state index in [9.17, 15) is 4.79 Å². The van der Waals surface area contributed by atoms with Crippen molar-refractivity contribution < 1.29 is 9.53 Å². The minimum absolute atomic E-state index is 0.253. The van der Waals surface area contributed by atoms with Gasteiger partial charge >= 0.3 is 0 Å². The average molecular weight is 401 g/mol. The van der Waals surface area contributed by atoms with Gasteiger partial charge in [0, 0.05) is 38.6 Å². The number of rotatable bonds is 6. The van der Waals surface area contributed by atoms with E-state index in [0.717, 1.165) is 49.6 Å². The number of likely N-dealkylation sites (tertiary alicyclic amines) is 1. The van der Waals surface area contributed by atoms with Gasteiger partial charge in [-0.1, -0.05) is 31.4 Å². The first-order valence-corrected chi connectivity index (χ1v) is 11.1. The van der Waals surface area contributed by atoms with Gasteiger partial charge in [0.05, 0.1) is 6.61 Å². The molecule has 29 heavy (non-hydrogen) atoms. The standard InChI is InChI=1S/C23H36N4O2/c1-4-29-21-11-10-18(14-17(21)2)15-25-23(24-3)26-20-12-13-27(16-20)22(28)19-8-6-5-7-9-19/h10-11,14,19-20H,4-9,12-13,15-16H2,1-3H3,(H2,24,25,26). The van der Waals surface area contributed by atoms with Crippen LogP contribution < -0.4 is 15.4 Å². The summed E-state index contributed by atoms with van der Waals surface area (Å²) in [6, 6.07) is 6.51. The van der Waals surface area contributed by atoms with Crippen LogP contribution in [0.25, 0.3) is 0 Å². The zero-order valence-electron chi connectivity index (χ0n) is 18.2. The van der Waals surface area contributed by atoms with Crippen LogP contribution in [0.4, 0.5) is 0 Å². The van der Waals surface area contributed by atoms with E-state index < -0.39 is 0 Å². The molecule has 0 bridgehead atoms. The molecule has 0 spiro atoms. The summed E-state index contributed by atoms with van der Waals surface area (Å²) in [6.45, 7) is 7.07. The number of aryl methyl sites for hydroxylation is 1. The number of guanidine groups is 1. The second-order valence-electron chi connectivity index (χ2n) is 8.21. The van der Waals surface area contributed by atoms with Crippen molar-refractivity contribution in [3.8, 4) is 5.75 Å². The predicted octanol–water partition coefficient (Wildman–Crippen LogP) is 3.24. The number of nitrogens with zero attached hydrogens (tertiary/aromatic N) is 2. The van der Waals surface area contributed by atoms with Crippen LogP contribution in [0, 0.1) is 12.8 Å². The Bertz CT molecular complexity index is 713. The summed E-state index contributed by atoms with van der Waals surface area (Å²) in [7, 11) is 1.79. The molecule has 2 fully saturated rings. The Hall–Kier alpha value is -2.24. The number of benzene rings is 1. The molecule has 1 heterocycles. The molecule has 1 aromatic rings. The lowest BCUT2D eigenvalue weighted by molar-refractivity contribution is -0.135. The molecule has 2 N–H and O–H groups in total. The van der Waals surface area contributed by atoms with Crippen molar-refractivity contribution in [1.29, 1.82) is 0 Å². The highest BCUT2D eigenvalue weighted by Gasteiger charge is 2.31. The average Bonchev–Trinajstić information content (AvgIpc) is 3.21. The lowest BCUT2D eigenvalue weighted by atomic mass is 9.88. The van der Waals surface area contributed by atoms with Gasteiger partial charge in [-0.25, -0.2) is 0 Å². The highest BCUT2D eigenvalue weighted by molar-refractivity contribution is 5.81. The Labute approximate surface area is 175 Å². The third kappa shape index (κ3) is 5.87. The molecule has 160 valence electrons. The summed E-state index contributed by atoms with van der Waals surface area (Å²) in [5, 5.41) is 6.88. The molecule has 1 amide bonds. The quantitative estimate of drug-likeness (QED) is 0.568. The smallest absolute Gasteiger partial charge is 0.225 e. The molecule has 1 aliphatic carbocycles. The van der Waals surface area contributed by atoms with E-state index in [1.165, 1.54) is 24.8 Å². The highest BCUT2D eigenvalue weighted by Crippen LogP contribution is 2.26. The van der Waals surface area contributed by atoms with Crippen LogP contribution in [0.3, 0.4) is 0 Å². The largest absolute Gasteiger partial charge is 0.494 e. The van der Waals surface area contributed by atoms with Crippen LogP contribution in [-0.2, 0) is 11.3 Å². The van der Waals surface area contributed by atoms with Gasteiger partial charge in [-0.05, 0) is 50.3 Å². The molecule has 1 aliphatic heterocycles. The van der Waals surface area contributed by atoms with Crippen LogP contribution in [0.15, 0.2) is 23.2 Å². The molecule has 3 rings (SSSR count). The molecule has 1 unspecified atom stereocenters. The molecule has 1 atom stereocenters. The second-order valence-corrected chi connectivity index (χ2v) is 8.21. The van der Waals surface area contributed by atoms with Gasteiger partial charge in [-0.2, -0.15) is 0 Å². The lowest BCUT2D eigenvalue weighted by Gasteiger charge is -2.26. The molecule has 6 nitrogen and oxygen atoms in total. The summed E-state index contributed by atoms with van der Waals surface area (Å²) in [6.07, 6.45) is 6.79. The lowest BCUT2D eigenvalue weighted by Crippen LogP contribution is -2.45. The Morgan fingerprint density at radius 1 is 1.24 bits per heavy atom. The van der Waals surface area contributed by atoms with E-state index in [0.29, 0.717) is 19.1 Å². The number of aliphatic imine (C=N–C) groups is 1. The number of amides is 1. The number of hydrogen-bond donors (Lipinski definition) is 2. The summed E-state index contributed by atoms with van der Waals surface area (Å²) >= 11 is 0. The molecule has 2 aliphatic rings. The summed E-state index contributed by atoms with van der Waals surface area (Å²) in [5.41, 5.74) is 2.33. The Morgan fingerprint density at radius 2 is 2.03 bits per heavy atom.